The molecule has 0 fully saturated rings. The molecule has 1 aliphatic heterocycles. The van der Waals surface area contributed by atoms with E-state index in [0.29, 0.717) is 5.95 Å². The maximum atomic E-state index is 5.19. The van der Waals surface area contributed by atoms with Gasteiger partial charge >= 0.3 is 0 Å². The predicted molar refractivity (Wildman–Crippen MR) is 105 cm³/mol. The van der Waals surface area contributed by atoms with Crippen molar-refractivity contribution in [2.45, 2.75) is 19.8 Å². The molecule has 0 aliphatic carbocycles. The van der Waals surface area contributed by atoms with Crippen LogP contribution in [0.3, 0.4) is 0 Å². The number of hydrogen-bond acceptors (Lipinski definition) is 5. The molecule has 26 heavy (non-hydrogen) atoms. The van der Waals surface area contributed by atoms with Crippen molar-refractivity contribution in [3.05, 3.63) is 65.9 Å². The second-order valence-corrected chi connectivity index (χ2v) is 6.48. The minimum absolute atomic E-state index is 0.590. The summed E-state index contributed by atoms with van der Waals surface area (Å²) >= 11 is 0. The Bertz CT molecular complexity index is 908. The van der Waals surface area contributed by atoms with Gasteiger partial charge in [-0.25, -0.2) is 4.98 Å². The second kappa shape index (κ2) is 7.04. The lowest BCUT2D eigenvalue weighted by Crippen LogP contribution is -2.25. The van der Waals surface area contributed by atoms with E-state index in [2.05, 4.69) is 40.3 Å². The summed E-state index contributed by atoms with van der Waals surface area (Å²) in [6.07, 6.45) is 4.05. The van der Waals surface area contributed by atoms with Crippen LogP contribution in [0.5, 0.6) is 5.75 Å². The van der Waals surface area contributed by atoms with Gasteiger partial charge in [0.15, 0.2) is 0 Å². The van der Waals surface area contributed by atoms with E-state index >= 15 is 0 Å². The third kappa shape index (κ3) is 3.33. The van der Waals surface area contributed by atoms with Crippen LogP contribution >= 0.6 is 0 Å². The van der Waals surface area contributed by atoms with Gasteiger partial charge in [-0.2, -0.15) is 4.98 Å². The molecule has 0 saturated carbocycles. The van der Waals surface area contributed by atoms with E-state index in [1.54, 1.807) is 13.3 Å². The number of anilines is 4. The van der Waals surface area contributed by atoms with E-state index < -0.39 is 0 Å². The van der Waals surface area contributed by atoms with Crippen LogP contribution < -0.4 is 15.0 Å². The van der Waals surface area contributed by atoms with Crippen LogP contribution in [0.4, 0.5) is 23.1 Å². The molecule has 4 rings (SSSR count). The lowest BCUT2D eigenvalue weighted by atomic mass is 9.99. The molecule has 1 aromatic heterocycles. The Morgan fingerprint density at radius 1 is 1.08 bits per heavy atom. The number of nitrogens with zero attached hydrogens (tertiary/aromatic N) is 3. The quantitative estimate of drug-likeness (QED) is 0.747. The maximum Gasteiger partial charge on any atom is 0.229 e. The number of fused-ring (bicyclic) bond motifs is 1. The molecule has 1 N–H and O–H groups in total. The Labute approximate surface area is 153 Å². The zero-order valence-electron chi connectivity index (χ0n) is 15.1. The van der Waals surface area contributed by atoms with Crippen molar-refractivity contribution in [2.75, 3.05) is 23.9 Å². The van der Waals surface area contributed by atoms with E-state index in [0.717, 1.165) is 36.6 Å². The first kappa shape index (κ1) is 16.4. The van der Waals surface area contributed by atoms with Gasteiger partial charge in [0, 0.05) is 24.1 Å². The van der Waals surface area contributed by atoms with Gasteiger partial charge in [0.05, 0.1) is 7.11 Å². The molecule has 3 aromatic rings. The van der Waals surface area contributed by atoms with Gasteiger partial charge in [-0.3, -0.25) is 0 Å². The number of methoxy groups -OCH3 is 1. The van der Waals surface area contributed by atoms with E-state index in [-0.39, 0.29) is 0 Å². The topological polar surface area (TPSA) is 50.3 Å². The molecule has 2 heterocycles. The number of benzene rings is 2. The fourth-order valence-electron chi connectivity index (χ4n) is 3.33. The fourth-order valence-corrected chi connectivity index (χ4v) is 3.33. The maximum absolute atomic E-state index is 5.19. The van der Waals surface area contributed by atoms with Crippen molar-refractivity contribution in [1.29, 1.82) is 0 Å². The van der Waals surface area contributed by atoms with Crippen molar-refractivity contribution in [3.63, 3.8) is 0 Å². The molecule has 0 atom stereocenters. The van der Waals surface area contributed by atoms with Crippen LogP contribution in [0.15, 0.2) is 54.7 Å². The monoisotopic (exact) mass is 346 g/mol. The third-order valence-corrected chi connectivity index (χ3v) is 4.62. The first-order valence-corrected chi connectivity index (χ1v) is 8.84. The summed E-state index contributed by atoms with van der Waals surface area (Å²) in [5.41, 5.74) is 4.86. The predicted octanol–water partition coefficient (Wildman–Crippen LogP) is 4.62. The molecule has 1 aliphatic rings. The molecule has 0 spiro atoms. The summed E-state index contributed by atoms with van der Waals surface area (Å²) in [5.74, 6) is 2.33. The van der Waals surface area contributed by atoms with Gasteiger partial charge < -0.3 is 15.0 Å². The molecule has 5 nitrogen and oxygen atoms in total. The van der Waals surface area contributed by atoms with Crippen molar-refractivity contribution in [1.82, 2.24) is 9.97 Å². The highest BCUT2D eigenvalue weighted by molar-refractivity contribution is 5.67. The van der Waals surface area contributed by atoms with E-state index in [1.807, 2.05) is 30.3 Å². The van der Waals surface area contributed by atoms with Crippen LogP contribution in [-0.4, -0.2) is 23.6 Å². The average Bonchev–Trinajstić information content (AvgIpc) is 2.68. The van der Waals surface area contributed by atoms with Gasteiger partial charge in [-0.1, -0.05) is 17.7 Å². The Balaban J connectivity index is 1.60. The number of rotatable bonds is 4. The van der Waals surface area contributed by atoms with Crippen LogP contribution in [-0.2, 0) is 6.42 Å². The minimum atomic E-state index is 0.590. The highest BCUT2D eigenvalue weighted by Gasteiger charge is 2.19. The van der Waals surface area contributed by atoms with Gasteiger partial charge in [0.2, 0.25) is 5.95 Å². The Morgan fingerprint density at radius 3 is 2.73 bits per heavy atom. The number of aryl methyl sites for hydroxylation is 2. The number of aromatic nitrogens is 2. The molecule has 0 saturated heterocycles. The molecule has 0 bridgehead atoms. The van der Waals surface area contributed by atoms with E-state index in [1.165, 1.54) is 16.8 Å². The number of hydrogen-bond donors (Lipinski definition) is 1. The Kier molecular flexibility index (Phi) is 4.44. The standard InChI is InChI=1S/C21H22N4O/c1-15-5-10-19-16(14-15)4-3-13-25(19)20-11-12-22-21(24-20)23-17-6-8-18(26-2)9-7-17/h5-12,14H,3-4,13H2,1-2H3,(H,22,23,24). The number of ether oxygens (including phenoxy) is 1. The minimum Gasteiger partial charge on any atom is -0.497 e. The lowest BCUT2D eigenvalue weighted by Gasteiger charge is -2.30. The molecule has 0 radical (unpaired) electrons. The van der Waals surface area contributed by atoms with Gasteiger partial charge in [-0.15, -0.1) is 0 Å². The van der Waals surface area contributed by atoms with Crippen molar-refractivity contribution < 1.29 is 4.74 Å². The molecular formula is C21H22N4O. The highest BCUT2D eigenvalue weighted by Crippen LogP contribution is 2.33. The largest absolute Gasteiger partial charge is 0.497 e. The Morgan fingerprint density at radius 2 is 1.92 bits per heavy atom. The van der Waals surface area contributed by atoms with Gasteiger partial charge in [0.1, 0.15) is 11.6 Å². The number of nitrogens with one attached hydrogen (secondary N) is 1. The van der Waals surface area contributed by atoms with Crippen LogP contribution in [0.1, 0.15) is 17.5 Å². The van der Waals surface area contributed by atoms with Crippen molar-refractivity contribution in [2.24, 2.45) is 0 Å². The van der Waals surface area contributed by atoms with Crippen molar-refractivity contribution >= 4 is 23.1 Å². The van der Waals surface area contributed by atoms with Gasteiger partial charge in [-0.05, 0) is 61.7 Å². The highest BCUT2D eigenvalue weighted by atomic mass is 16.5. The van der Waals surface area contributed by atoms with E-state index in [4.69, 9.17) is 9.72 Å². The average molecular weight is 346 g/mol. The molecule has 5 heteroatoms. The zero-order valence-corrected chi connectivity index (χ0v) is 15.1. The summed E-state index contributed by atoms with van der Waals surface area (Å²) in [6.45, 7) is 3.11. The Hall–Kier alpha value is -3.08. The summed E-state index contributed by atoms with van der Waals surface area (Å²) < 4.78 is 5.19. The van der Waals surface area contributed by atoms with Crippen molar-refractivity contribution in [3.8, 4) is 5.75 Å². The zero-order chi connectivity index (χ0) is 17.9. The fraction of sp³-hybridized carbons (Fsp3) is 0.238. The summed E-state index contributed by atoms with van der Waals surface area (Å²) in [6, 6.07) is 16.3. The van der Waals surface area contributed by atoms with Crippen LogP contribution in [0.2, 0.25) is 0 Å². The molecule has 2 aromatic carbocycles. The second-order valence-electron chi connectivity index (χ2n) is 6.48. The smallest absolute Gasteiger partial charge is 0.229 e. The molecule has 0 unspecified atom stereocenters. The summed E-state index contributed by atoms with van der Waals surface area (Å²) in [5, 5.41) is 3.26. The first-order chi connectivity index (χ1) is 12.7. The SMILES string of the molecule is COc1ccc(Nc2nccc(N3CCCc4cc(C)ccc43)n2)cc1. The van der Waals surface area contributed by atoms with Gasteiger partial charge in [0.25, 0.3) is 0 Å². The lowest BCUT2D eigenvalue weighted by molar-refractivity contribution is 0.415. The first-order valence-electron chi connectivity index (χ1n) is 8.84. The molecular weight excluding hydrogens is 324 g/mol. The van der Waals surface area contributed by atoms with Crippen LogP contribution in [0.25, 0.3) is 0 Å². The molecule has 132 valence electrons. The van der Waals surface area contributed by atoms with E-state index in [9.17, 15) is 0 Å². The summed E-state index contributed by atoms with van der Waals surface area (Å²) in [7, 11) is 1.66. The summed E-state index contributed by atoms with van der Waals surface area (Å²) in [4.78, 5) is 11.4. The van der Waals surface area contributed by atoms with Crippen LogP contribution in [0, 0.1) is 6.92 Å². The molecule has 0 amide bonds. The normalized spacial score (nSPS) is 13.2. The third-order valence-electron chi connectivity index (χ3n) is 4.62.